The van der Waals surface area contributed by atoms with Crippen molar-refractivity contribution in [3.63, 3.8) is 0 Å². The fourth-order valence-corrected chi connectivity index (χ4v) is 0.142. The molecule has 0 atom stereocenters. The topological polar surface area (TPSA) is 116 Å². The van der Waals surface area contributed by atoms with Gasteiger partial charge in [-0.2, -0.15) is 0 Å². The Morgan fingerprint density at radius 1 is 1.50 bits per heavy atom. The van der Waals surface area contributed by atoms with Crippen LogP contribution in [0.1, 0.15) is 6.92 Å². The highest BCUT2D eigenvalue weighted by Crippen LogP contribution is 1.66. The summed E-state index contributed by atoms with van der Waals surface area (Å²) in [5.41, 5.74) is 8.57. The van der Waals surface area contributed by atoms with Crippen molar-refractivity contribution in [1.29, 1.82) is 0 Å². The SMILES string of the molecule is CCOC(N)=O.NC(=O)O. The molecule has 0 bridgehead atoms. The summed E-state index contributed by atoms with van der Waals surface area (Å²) < 4.78 is 4.18. The van der Waals surface area contributed by atoms with Gasteiger partial charge in [0, 0.05) is 0 Å². The molecule has 0 aromatic carbocycles. The molecule has 0 saturated heterocycles. The van der Waals surface area contributed by atoms with E-state index in [1.54, 1.807) is 6.92 Å². The average Bonchev–Trinajstić information content (AvgIpc) is 1.62. The highest BCUT2D eigenvalue weighted by molar-refractivity contribution is 5.64. The Balaban J connectivity index is 0. The van der Waals surface area contributed by atoms with Crippen molar-refractivity contribution in [2.24, 2.45) is 11.5 Å². The highest BCUT2D eigenvalue weighted by atomic mass is 16.5. The van der Waals surface area contributed by atoms with Gasteiger partial charge in [-0.1, -0.05) is 0 Å². The summed E-state index contributed by atoms with van der Waals surface area (Å²) in [6.45, 7) is 2.06. The first-order chi connectivity index (χ1) is 4.50. The van der Waals surface area contributed by atoms with Gasteiger partial charge in [0.2, 0.25) is 0 Å². The maximum absolute atomic E-state index is 9.60. The average molecular weight is 150 g/mol. The van der Waals surface area contributed by atoms with Gasteiger partial charge in [0.15, 0.2) is 0 Å². The second-order valence-electron chi connectivity index (χ2n) is 1.09. The first kappa shape index (κ1) is 11.4. The van der Waals surface area contributed by atoms with Gasteiger partial charge in [0.05, 0.1) is 6.61 Å². The Morgan fingerprint density at radius 3 is 1.80 bits per heavy atom. The maximum atomic E-state index is 9.60. The lowest BCUT2D eigenvalue weighted by Crippen LogP contribution is -2.11. The minimum atomic E-state index is -1.33. The standard InChI is InChI=1S/C3H7NO2.CH3NO2/c1-2-6-3(4)5;2-1(3)4/h2H2,1H3,(H2,4,5);2H2,(H,3,4). The van der Waals surface area contributed by atoms with Crippen molar-refractivity contribution in [1.82, 2.24) is 0 Å². The number of carbonyl (C=O) groups is 2. The molecule has 0 aliphatic rings. The molecule has 0 radical (unpaired) electrons. The highest BCUT2D eigenvalue weighted by Gasteiger charge is 1.82. The number of nitrogens with two attached hydrogens (primary N) is 2. The zero-order valence-electron chi connectivity index (χ0n) is 5.53. The van der Waals surface area contributed by atoms with Gasteiger partial charge in [-0.05, 0) is 6.92 Å². The number of rotatable bonds is 1. The van der Waals surface area contributed by atoms with Gasteiger partial charge in [0.1, 0.15) is 0 Å². The molecule has 0 aliphatic heterocycles. The van der Waals surface area contributed by atoms with Crippen LogP contribution in [0.15, 0.2) is 0 Å². The van der Waals surface area contributed by atoms with Crippen LogP contribution in [-0.4, -0.2) is 23.9 Å². The second-order valence-corrected chi connectivity index (χ2v) is 1.09. The predicted molar refractivity (Wildman–Crippen MR) is 33.4 cm³/mol. The number of ether oxygens (including phenoxy) is 1. The van der Waals surface area contributed by atoms with Crippen LogP contribution in [0.5, 0.6) is 0 Å². The molecule has 6 nitrogen and oxygen atoms in total. The van der Waals surface area contributed by atoms with E-state index in [4.69, 9.17) is 9.90 Å². The zero-order valence-corrected chi connectivity index (χ0v) is 5.53. The summed E-state index contributed by atoms with van der Waals surface area (Å²) in [7, 11) is 0. The Bertz CT molecular complexity index is 110. The summed E-state index contributed by atoms with van der Waals surface area (Å²) in [6.07, 6.45) is -2.04. The third kappa shape index (κ3) is 84.6. The van der Waals surface area contributed by atoms with E-state index < -0.39 is 12.2 Å². The molecule has 0 aliphatic carbocycles. The maximum Gasteiger partial charge on any atom is 0.404 e. The summed E-state index contributed by atoms with van der Waals surface area (Å²) in [6, 6.07) is 0. The van der Waals surface area contributed by atoms with Gasteiger partial charge in [-0.25, -0.2) is 9.59 Å². The number of carboxylic acid groups (broad SMARTS) is 1. The minimum Gasteiger partial charge on any atom is -0.465 e. The fourth-order valence-electron chi connectivity index (χ4n) is 0.142. The summed E-state index contributed by atoms with van der Waals surface area (Å²) in [5.74, 6) is 0. The van der Waals surface area contributed by atoms with Crippen molar-refractivity contribution in [2.45, 2.75) is 6.92 Å². The van der Waals surface area contributed by atoms with E-state index in [0.717, 1.165) is 0 Å². The molecular formula is C4H10N2O4. The van der Waals surface area contributed by atoms with Gasteiger partial charge in [0.25, 0.3) is 0 Å². The third-order valence-corrected chi connectivity index (χ3v) is 0.287. The van der Waals surface area contributed by atoms with Crippen LogP contribution in [0.3, 0.4) is 0 Å². The molecule has 5 N–H and O–H groups in total. The predicted octanol–water partition coefficient (Wildman–Crippen LogP) is -0.275. The lowest BCUT2D eigenvalue weighted by Gasteiger charge is -1.89. The second kappa shape index (κ2) is 7.54. The van der Waals surface area contributed by atoms with Crippen LogP contribution in [0.4, 0.5) is 9.59 Å². The quantitative estimate of drug-likeness (QED) is 0.476. The van der Waals surface area contributed by atoms with Gasteiger partial charge >= 0.3 is 12.2 Å². The molecule has 60 valence electrons. The molecule has 10 heavy (non-hydrogen) atoms. The van der Waals surface area contributed by atoms with Crippen molar-refractivity contribution in [3.8, 4) is 0 Å². The number of hydrogen-bond donors (Lipinski definition) is 3. The number of amides is 2. The van der Waals surface area contributed by atoms with Gasteiger partial charge in [-0.3, -0.25) is 0 Å². The van der Waals surface area contributed by atoms with Crippen LogP contribution in [0, 0.1) is 0 Å². The van der Waals surface area contributed by atoms with Crippen LogP contribution in [0.25, 0.3) is 0 Å². The van der Waals surface area contributed by atoms with E-state index in [0.29, 0.717) is 6.61 Å². The van der Waals surface area contributed by atoms with Gasteiger partial charge in [-0.15, -0.1) is 0 Å². The Kier molecular flexibility index (Phi) is 8.56. The normalized spacial score (nSPS) is 6.90. The molecule has 2 amide bonds. The molecule has 0 aromatic heterocycles. The summed E-state index contributed by atoms with van der Waals surface area (Å²) >= 11 is 0. The molecular weight excluding hydrogens is 140 g/mol. The van der Waals surface area contributed by atoms with Crippen molar-refractivity contribution in [2.75, 3.05) is 6.61 Å². The number of hydrogen-bond acceptors (Lipinski definition) is 3. The third-order valence-electron chi connectivity index (χ3n) is 0.287. The first-order valence-electron chi connectivity index (χ1n) is 2.41. The molecule has 0 rings (SSSR count). The molecule has 0 fully saturated rings. The van der Waals surface area contributed by atoms with Crippen molar-refractivity contribution >= 4 is 12.2 Å². The Hall–Kier alpha value is -1.46. The summed E-state index contributed by atoms with van der Waals surface area (Å²) in [4.78, 5) is 18.4. The van der Waals surface area contributed by atoms with Crippen LogP contribution in [-0.2, 0) is 4.74 Å². The zero-order chi connectivity index (χ0) is 8.57. The van der Waals surface area contributed by atoms with E-state index in [9.17, 15) is 4.79 Å². The number of carbonyl (C=O) groups excluding carboxylic acids is 1. The molecule has 0 unspecified atom stereocenters. The molecule has 0 aromatic rings. The lowest BCUT2D eigenvalue weighted by molar-refractivity contribution is 0.163. The van der Waals surface area contributed by atoms with Crippen LogP contribution < -0.4 is 11.5 Å². The van der Waals surface area contributed by atoms with Crippen LogP contribution >= 0.6 is 0 Å². The largest absolute Gasteiger partial charge is 0.465 e. The minimum absolute atomic E-state index is 0.356. The molecule has 0 saturated carbocycles. The van der Waals surface area contributed by atoms with Crippen molar-refractivity contribution < 1.29 is 19.4 Å². The summed E-state index contributed by atoms with van der Waals surface area (Å²) in [5, 5.41) is 7.19. The van der Waals surface area contributed by atoms with E-state index in [1.807, 2.05) is 0 Å². The lowest BCUT2D eigenvalue weighted by atomic mass is 10.9. The molecule has 6 heteroatoms. The molecule has 0 spiro atoms. The smallest absolute Gasteiger partial charge is 0.404 e. The number of primary amides is 2. The van der Waals surface area contributed by atoms with E-state index in [2.05, 4.69) is 16.2 Å². The van der Waals surface area contributed by atoms with Crippen LogP contribution in [0.2, 0.25) is 0 Å². The van der Waals surface area contributed by atoms with E-state index >= 15 is 0 Å². The van der Waals surface area contributed by atoms with Crippen molar-refractivity contribution in [3.05, 3.63) is 0 Å². The Morgan fingerprint density at radius 2 is 1.80 bits per heavy atom. The fraction of sp³-hybridized carbons (Fsp3) is 0.500. The van der Waals surface area contributed by atoms with E-state index in [-0.39, 0.29) is 0 Å². The van der Waals surface area contributed by atoms with Gasteiger partial charge < -0.3 is 21.3 Å². The molecule has 0 heterocycles. The first-order valence-corrected chi connectivity index (χ1v) is 2.41. The Labute approximate surface area is 57.8 Å². The van der Waals surface area contributed by atoms with E-state index in [1.165, 1.54) is 0 Å². The monoisotopic (exact) mass is 150 g/mol.